The fourth-order valence-corrected chi connectivity index (χ4v) is 3.27. The molecule has 1 heterocycles. The molecule has 0 aliphatic rings. The zero-order chi connectivity index (χ0) is 13.7. The maximum atomic E-state index is 13.7. The van der Waals surface area contributed by atoms with Gasteiger partial charge >= 0.3 is 0 Å². The van der Waals surface area contributed by atoms with Gasteiger partial charge in [-0.15, -0.1) is 0 Å². The Bertz CT molecular complexity index is 513. The van der Waals surface area contributed by atoms with Crippen LogP contribution in [0.4, 0.5) is 4.39 Å². The minimum absolute atomic E-state index is 0.139. The zero-order valence-electron chi connectivity index (χ0n) is 10.8. The van der Waals surface area contributed by atoms with Gasteiger partial charge in [-0.2, -0.15) is 11.3 Å². The van der Waals surface area contributed by atoms with E-state index in [1.807, 2.05) is 6.07 Å². The number of thiophene rings is 1. The Morgan fingerprint density at radius 1 is 1.37 bits per heavy atom. The van der Waals surface area contributed by atoms with Crippen molar-refractivity contribution < 1.29 is 4.39 Å². The Morgan fingerprint density at radius 3 is 2.89 bits per heavy atom. The first-order chi connectivity index (χ1) is 9.22. The quantitative estimate of drug-likeness (QED) is 0.785. The zero-order valence-corrected chi connectivity index (χ0v) is 13.2. The average Bonchev–Trinajstić information content (AvgIpc) is 2.91. The highest BCUT2D eigenvalue weighted by molar-refractivity contribution is 9.10. The maximum absolute atomic E-state index is 13.7. The topological polar surface area (TPSA) is 12.0 Å². The van der Waals surface area contributed by atoms with E-state index in [4.69, 9.17) is 0 Å². The van der Waals surface area contributed by atoms with Gasteiger partial charge in [0.25, 0.3) is 0 Å². The summed E-state index contributed by atoms with van der Waals surface area (Å²) in [6.45, 7) is 3.06. The highest BCUT2D eigenvalue weighted by Gasteiger charge is 2.16. The molecule has 19 heavy (non-hydrogen) atoms. The Kier molecular flexibility index (Phi) is 5.55. The van der Waals surface area contributed by atoms with E-state index in [-0.39, 0.29) is 11.9 Å². The Morgan fingerprint density at radius 2 is 2.21 bits per heavy atom. The molecule has 102 valence electrons. The van der Waals surface area contributed by atoms with Gasteiger partial charge in [-0.05, 0) is 69.3 Å². The van der Waals surface area contributed by atoms with Crippen LogP contribution in [-0.4, -0.2) is 6.54 Å². The SMILES string of the molecule is CCCNC(Cc1ccsc1)c1cccc(F)c1Br. The van der Waals surface area contributed by atoms with Gasteiger partial charge < -0.3 is 5.32 Å². The highest BCUT2D eigenvalue weighted by Crippen LogP contribution is 2.28. The summed E-state index contributed by atoms with van der Waals surface area (Å²) in [6.07, 6.45) is 1.94. The Balaban J connectivity index is 2.23. The first-order valence-corrected chi connectivity index (χ1v) is 8.14. The fraction of sp³-hybridized carbons (Fsp3) is 0.333. The first kappa shape index (κ1) is 14.7. The van der Waals surface area contributed by atoms with Crippen LogP contribution in [0.25, 0.3) is 0 Å². The van der Waals surface area contributed by atoms with Gasteiger partial charge in [0.2, 0.25) is 0 Å². The van der Waals surface area contributed by atoms with E-state index in [0.717, 1.165) is 24.9 Å². The largest absolute Gasteiger partial charge is 0.310 e. The molecule has 1 aromatic carbocycles. The summed E-state index contributed by atoms with van der Waals surface area (Å²) in [4.78, 5) is 0. The normalized spacial score (nSPS) is 12.6. The molecule has 0 radical (unpaired) electrons. The van der Waals surface area contributed by atoms with Crippen molar-refractivity contribution in [1.82, 2.24) is 5.32 Å². The molecule has 1 unspecified atom stereocenters. The van der Waals surface area contributed by atoms with Crippen LogP contribution in [0.2, 0.25) is 0 Å². The minimum atomic E-state index is -0.203. The van der Waals surface area contributed by atoms with Crippen molar-refractivity contribution in [2.75, 3.05) is 6.54 Å². The maximum Gasteiger partial charge on any atom is 0.137 e. The fourth-order valence-electron chi connectivity index (χ4n) is 2.04. The lowest BCUT2D eigenvalue weighted by atomic mass is 10.00. The third kappa shape index (κ3) is 3.88. The molecule has 2 aromatic rings. The molecule has 4 heteroatoms. The smallest absolute Gasteiger partial charge is 0.137 e. The second kappa shape index (κ2) is 7.17. The number of halogens is 2. The monoisotopic (exact) mass is 341 g/mol. The van der Waals surface area contributed by atoms with Crippen LogP contribution in [0.1, 0.15) is 30.5 Å². The Hall–Kier alpha value is -0.710. The first-order valence-electron chi connectivity index (χ1n) is 6.40. The molecule has 0 aliphatic carbocycles. The van der Waals surface area contributed by atoms with Crippen LogP contribution in [0.5, 0.6) is 0 Å². The molecule has 1 N–H and O–H groups in total. The molecule has 0 spiro atoms. The predicted molar refractivity (Wildman–Crippen MR) is 83.2 cm³/mol. The minimum Gasteiger partial charge on any atom is -0.310 e. The number of hydrogen-bond acceptors (Lipinski definition) is 2. The van der Waals surface area contributed by atoms with Gasteiger partial charge in [0.15, 0.2) is 0 Å². The van der Waals surface area contributed by atoms with Crippen molar-refractivity contribution in [3.63, 3.8) is 0 Å². The number of rotatable bonds is 6. The third-order valence-corrected chi connectivity index (χ3v) is 4.59. The summed E-state index contributed by atoms with van der Waals surface area (Å²) < 4.78 is 14.2. The molecule has 0 fully saturated rings. The van der Waals surface area contributed by atoms with E-state index in [1.54, 1.807) is 17.4 Å². The lowest BCUT2D eigenvalue weighted by Gasteiger charge is -2.20. The van der Waals surface area contributed by atoms with Gasteiger partial charge in [-0.3, -0.25) is 0 Å². The standard InChI is InChI=1S/C15H17BrFNS/c1-2-7-18-14(9-11-6-8-19-10-11)12-4-3-5-13(17)15(12)16/h3-6,8,10,14,18H,2,7,9H2,1H3. The second-order valence-electron chi connectivity index (χ2n) is 4.49. The van der Waals surface area contributed by atoms with Gasteiger partial charge in [0.05, 0.1) is 4.47 Å². The van der Waals surface area contributed by atoms with E-state index in [0.29, 0.717) is 4.47 Å². The number of hydrogen-bond donors (Lipinski definition) is 1. The molecular weight excluding hydrogens is 325 g/mol. The average molecular weight is 342 g/mol. The van der Waals surface area contributed by atoms with Crippen LogP contribution in [-0.2, 0) is 6.42 Å². The molecule has 0 saturated heterocycles. The van der Waals surface area contributed by atoms with E-state index < -0.39 is 0 Å². The van der Waals surface area contributed by atoms with Crippen molar-refractivity contribution in [2.24, 2.45) is 0 Å². The molecule has 1 aromatic heterocycles. The van der Waals surface area contributed by atoms with E-state index in [2.05, 4.69) is 45.0 Å². The molecule has 1 atom stereocenters. The van der Waals surface area contributed by atoms with E-state index in [9.17, 15) is 4.39 Å². The lowest BCUT2D eigenvalue weighted by Crippen LogP contribution is -2.24. The van der Waals surface area contributed by atoms with Gasteiger partial charge in [0.1, 0.15) is 5.82 Å². The summed E-state index contributed by atoms with van der Waals surface area (Å²) in [5, 5.41) is 7.72. The van der Waals surface area contributed by atoms with E-state index >= 15 is 0 Å². The summed E-state index contributed by atoms with van der Waals surface area (Å²) in [5.41, 5.74) is 2.27. The molecule has 0 aliphatic heterocycles. The summed E-state index contributed by atoms with van der Waals surface area (Å²) in [6, 6.07) is 7.49. The highest BCUT2D eigenvalue weighted by atomic mass is 79.9. The molecule has 1 nitrogen and oxygen atoms in total. The Labute approximate surface area is 126 Å². The van der Waals surface area contributed by atoms with Crippen molar-refractivity contribution in [3.05, 3.63) is 56.4 Å². The van der Waals surface area contributed by atoms with Crippen LogP contribution in [0.3, 0.4) is 0 Å². The lowest BCUT2D eigenvalue weighted by molar-refractivity contribution is 0.521. The molecule has 0 saturated carbocycles. The van der Waals surface area contributed by atoms with Crippen LogP contribution in [0, 0.1) is 5.82 Å². The predicted octanol–water partition coefficient (Wildman–Crippen LogP) is 4.93. The second-order valence-corrected chi connectivity index (χ2v) is 6.06. The van der Waals surface area contributed by atoms with Crippen molar-refractivity contribution in [2.45, 2.75) is 25.8 Å². The molecule has 0 bridgehead atoms. The van der Waals surface area contributed by atoms with Crippen molar-refractivity contribution in [3.8, 4) is 0 Å². The van der Waals surface area contributed by atoms with Crippen LogP contribution >= 0.6 is 27.3 Å². The van der Waals surface area contributed by atoms with Gasteiger partial charge in [0, 0.05) is 6.04 Å². The molecule has 2 rings (SSSR count). The van der Waals surface area contributed by atoms with Gasteiger partial charge in [-0.1, -0.05) is 19.1 Å². The van der Waals surface area contributed by atoms with E-state index in [1.165, 1.54) is 11.6 Å². The number of nitrogens with one attached hydrogen (secondary N) is 1. The number of benzene rings is 1. The molecule has 0 amide bonds. The third-order valence-electron chi connectivity index (χ3n) is 3.02. The molecular formula is C15H17BrFNS. The van der Waals surface area contributed by atoms with Gasteiger partial charge in [-0.25, -0.2) is 4.39 Å². The van der Waals surface area contributed by atoms with Crippen LogP contribution < -0.4 is 5.32 Å². The van der Waals surface area contributed by atoms with Crippen molar-refractivity contribution in [1.29, 1.82) is 0 Å². The summed E-state index contributed by atoms with van der Waals surface area (Å²) in [5.74, 6) is -0.203. The van der Waals surface area contributed by atoms with Crippen LogP contribution in [0.15, 0.2) is 39.5 Å². The summed E-state index contributed by atoms with van der Waals surface area (Å²) >= 11 is 5.06. The van der Waals surface area contributed by atoms with Crippen molar-refractivity contribution >= 4 is 27.3 Å². The summed E-state index contributed by atoms with van der Waals surface area (Å²) in [7, 11) is 0.